The second-order valence-electron chi connectivity index (χ2n) is 3.04. The van der Waals surface area contributed by atoms with Gasteiger partial charge in [0.1, 0.15) is 5.52 Å². The molecule has 0 radical (unpaired) electrons. The number of nitrogens with one attached hydrogen (secondary N) is 1. The van der Waals surface area contributed by atoms with E-state index in [0.29, 0.717) is 5.52 Å². The molecule has 0 aliphatic rings. The van der Waals surface area contributed by atoms with E-state index in [1.807, 2.05) is 0 Å². The highest BCUT2D eigenvalue weighted by Crippen LogP contribution is 2.30. The summed E-state index contributed by atoms with van der Waals surface area (Å²) < 4.78 is 61.9. The monoisotopic (exact) mass is 266 g/mol. The third-order valence-electron chi connectivity index (χ3n) is 1.90. The molecule has 0 bridgehead atoms. The molecule has 5 nitrogen and oxygen atoms in total. The zero-order valence-corrected chi connectivity index (χ0v) is 8.84. The molecule has 92 valence electrons. The Balaban J connectivity index is 2.47. The van der Waals surface area contributed by atoms with Crippen molar-refractivity contribution in [2.45, 2.75) is 5.51 Å². The van der Waals surface area contributed by atoms with Crippen LogP contribution in [0, 0.1) is 0 Å². The third kappa shape index (κ3) is 2.05. The molecule has 1 aromatic carbocycles. The summed E-state index contributed by atoms with van der Waals surface area (Å²) in [7, 11) is -5.67. The van der Waals surface area contributed by atoms with E-state index < -0.39 is 21.4 Å². The summed E-state index contributed by atoms with van der Waals surface area (Å²) in [6.45, 7) is 0. The van der Waals surface area contributed by atoms with Crippen LogP contribution in [0.2, 0.25) is 0 Å². The number of hydrogen-bond acceptors (Lipinski definition) is 4. The zero-order valence-electron chi connectivity index (χ0n) is 8.02. The van der Waals surface area contributed by atoms with E-state index in [0.717, 1.165) is 6.07 Å². The molecule has 0 fully saturated rings. The van der Waals surface area contributed by atoms with Crippen LogP contribution in [0.25, 0.3) is 11.0 Å². The number of alkyl halides is 3. The molecular formula is C8H5F3N2O3S. The Morgan fingerprint density at radius 3 is 2.65 bits per heavy atom. The van der Waals surface area contributed by atoms with Crippen LogP contribution < -0.4 is 4.18 Å². The number of aromatic nitrogens is 2. The fourth-order valence-electron chi connectivity index (χ4n) is 1.17. The van der Waals surface area contributed by atoms with Crippen molar-refractivity contribution in [3.8, 4) is 5.75 Å². The van der Waals surface area contributed by atoms with Crippen molar-refractivity contribution in [2.24, 2.45) is 0 Å². The highest BCUT2D eigenvalue weighted by molar-refractivity contribution is 7.88. The number of H-pyrrole nitrogens is 1. The van der Waals surface area contributed by atoms with Crippen molar-refractivity contribution in [1.29, 1.82) is 0 Å². The second kappa shape index (κ2) is 3.62. The van der Waals surface area contributed by atoms with Crippen molar-refractivity contribution < 1.29 is 25.8 Å². The lowest BCUT2D eigenvalue weighted by atomic mass is 10.3. The lowest BCUT2D eigenvalue weighted by molar-refractivity contribution is -0.0499. The average molecular weight is 266 g/mol. The van der Waals surface area contributed by atoms with Crippen molar-refractivity contribution in [1.82, 2.24) is 9.97 Å². The Morgan fingerprint density at radius 2 is 2.00 bits per heavy atom. The number of fused-ring (bicyclic) bond motifs is 1. The first kappa shape index (κ1) is 11.7. The topological polar surface area (TPSA) is 72.1 Å². The van der Waals surface area contributed by atoms with Gasteiger partial charge in [-0.15, -0.1) is 0 Å². The third-order valence-corrected chi connectivity index (χ3v) is 2.86. The van der Waals surface area contributed by atoms with E-state index in [1.54, 1.807) is 0 Å². The summed E-state index contributed by atoms with van der Waals surface area (Å²) in [6, 6.07) is 3.96. The summed E-state index contributed by atoms with van der Waals surface area (Å²) in [5.41, 5.74) is -5.08. The van der Waals surface area contributed by atoms with Gasteiger partial charge in [0, 0.05) is 0 Å². The standard InChI is InChI=1S/C8H5F3N2O3S/c9-8(10,11)17(14,15)16-6-3-1-2-5-7(6)13-4-12-5/h1-4H,(H,12,13). The lowest BCUT2D eigenvalue weighted by Gasteiger charge is -2.09. The van der Waals surface area contributed by atoms with Crippen molar-refractivity contribution in [3.05, 3.63) is 24.5 Å². The van der Waals surface area contributed by atoms with Crippen LogP contribution in [0.15, 0.2) is 24.5 Å². The minimum Gasteiger partial charge on any atom is -0.374 e. The van der Waals surface area contributed by atoms with Gasteiger partial charge in [0.05, 0.1) is 11.8 Å². The summed E-state index contributed by atoms with van der Waals surface area (Å²) in [5.74, 6) is -0.471. The first-order valence-electron chi connectivity index (χ1n) is 4.24. The molecule has 0 spiro atoms. The van der Waals surface area contributed by atoms with Gasteiger partial charge in [0.2, 0.25) is 0 Å². The maximum Gasteiger partial charge on any atom is 0.534 e. The molecule has 9 heteroatoms. The summed E-state index contributed by atoms with van der Waals surface area (Å²) >= 11 is 0. The molecule has 1 N–H and O–H groups in total. The SMILES string of the molecule is O=S(=O)(Oc1cccc2[nH]cnc12)C(F)(F)F. The maximum atomic E-state index is 12.1. The average Bonchev–Trinajstić information content (AvgIpc) is 2.64. The summed E-state index contributed by atoms with van der Waals surface area (Å²) in [6.07, 6.45) is 1.22. The van der Waals surface area contributed by atoms with Gasteiger partial charge in [0.25, 0.3) is 0 Å². The van der Waals surface area contributed by atoms with Gasteiger partial charge < -0.3 is 9.17 Å². The smallest absolute Gasteiger partial charge is 0.374 e. The van der Waals surface area contributed by atoms with E-state index in [4.69, 9.17) is 0 Å². The van der Waals surface area contributed by atoms with Crippen LogP contribution in [0.5, 0.6) is 5.75 Å². The van der Waals surface area contributed by atoms with E-state index >= 15 is 0 Å². The molecule has 0 aliphatic carbocycles. The summed E-state index contributed by atoms with van der Waals surface area (Å²) in [5, 5.41) is 0. The van der Waals surface area contributed by atoms with E-state index in [1.165, 1.54) is 18.5 Å². The molecule has 0 aliphatic heterocycles. The van der Waals surface area contributed by atoms with Crippen LogP contribution in [0.4, 0.5) is 13.2 Å². The Kier molecular flexibility index (Phi) is 2.49. The number of rotatable bonds is 2. The molecule has 17 heavy (non-hydrogen) atoms. The van der Waals surface area contributed by atoms with Crippen LogP contribution in [-0.4, -0.2) is 23.9 Å². The number of nitrogens with zero attached hydrogens (tertiary/aromatic N) is 1. The predicted molar refractivity (Wildman–Crippen MR) is 51.7 cm³/mol. The van der Waals surface area contributed by atoms with E-state index in [2.05, 4.69) is 14.2 Å². The largest absolute Gasteiger partial charge is 0.534 e. The van der Waals surface area contributed by atoms with Crippen LogP contribution in [0.3, 0.4) is 0 Å². The molecule has 0 saturated carbocycles. The van der Waals surface area contributed by atoms with Gasteiger partial charge in [-0.2, -0.15) is 21.6 Å². The Labute approximate surface area is 93.4 Å². The maximum absolute atomic E-state index is 12.1. The first-order chi connectivity index (χ1) is 7.81. The fraction of sp³-hybridized carbons (Fsp3) is 0.125. The molecule has 1 heterocycles. The minimum atomic E-state index is -5.67. The van der Waals surface area contributed by atoms with Crippen molar-refractivity contribution in [2.75, 3.05) is 0 Å². The number of aromatic amines is 1. The van der Waals surface area contributed by atoms with Gasteiger partial charge >= 0.3 is 15.6 Å². The quantitative estimate of drug-likeness (QED) is 0.664. The molecule has 0 unspecified atom stereocenters. The zero-order chi connectivity index (χ0) is 12.7. The van der Waals surface area contributed by atoms with E-state index in [-0.39, 0.29) is 5.52 Å². The first-order valence-corrected chi connectivity index (χ1v) is 5.65. The lowest BCUT2D eigenvalue weighted by Crippen LogP contribution is -2.28. The summed E-state index contributed by atoms with van der Waals surface area (Å²) in [4.78, 5) is 6.29. The number of imidazole rings is 1. The van der Waals surface area contributed by atoms with E-state index in [9.17, 15) is 21.6 Å². The van der Waals surface area contributed by atoms with Crippen LogP contribution >= 0.6 is 0 Å². The van der Waals surface area contributed by atoms with Crippen LogP contribution in [0.1, 0.15) is 0 Å². The minimum absolute atomic E-state index is 0.0142. The highest BCUT2D eigenvalue weighted by atomic mass is 32.2. The van der Waals surface area contributed by atoms with Gasteiger partial charge in [-0.05, 0) is 12.1 Å². The molecular weight excluding hydrogens is 261 g/mol. The fourth-order valence-corrected chi connectivity index (χ4v) is 1.64. The van der Waals surface area contributed by atoms with Crippen LogP contribution in [-0.2, 0) is 10.1 Å². The van der Waals surface area contributed by atoms with Gasteiger partial charge in [-0.25, -0.2) is 4.98 Å². The normalized spacial score (nSPS) is 12.9. The van der Waals surface area contributed by atoms with Gasteiger partial charge in [-0.1, -0.05) is 6.07 Å². The predicted octanol–water partition coefficient (Wildman–Crippen LogP) is 1.79. The number of halogens is 3. The van der Waals surface area contributed by atoms with Gasteiger partial charge in [-0.3, -0.25) is 0 Å². The Bertz CT molecular complexity index is 647. The molecule has 0 atom stereocenters. The van der Waals surface area contributed by atoms with Crippen molar-refractivity contribution >= 4 is 21.2 Å². The van der Waals surface area contributed by atoms with Gasteiger partial charge in [0.15, 0.2) is 5.75 Å². The molecule has 2 rings (SSSR count). The second-order valence-corrected chi connectivity index (χ2v) is 4.58. The highest BCUT2D eigenvalue weighted by Gasteiger charge is 2.48. The van der Waals surface area contributed by atoms with Crippen molar-refractivity contribution in [3.63, 3.8) is 0 Å². The molecule has 1 aromatic heterocycles. The number of benzene rings is 1. The molecule has 0 saturated heterocycles. The number of para-hydroxylation sites is 1. The number of hydrogen-bond donors (Lipinski definition) is 1. The Morgan fingerprint density at radius 1 is 1.29 bits per heavy atom. The molecule has 2 aromatic rings. The Hall–Kier alpha value is -1.77. The molecule has 0 amide bonds.